The van der Waals surface area contributed by atoms with Crippen LogP contribution in [-0.2, 0) is 0 Å². The Hall–Kier alpha value is -2.65. The molecule has 20 heavy (non-hydrogen) atoms. The molecule has 0 aliphatic heterocycles. The second-order valence-corrected chi connectivity index (χ2v) is 3.83. The number of benzene rings is 1. The zero-order chi connectivity index (χ0) is 14.4. The molecular weight excluding hydrogens is 263 g/mol. The lowest BCUT2D eigenvalue weighted by molar-refractivity contribution is 0.102. The Balaban J connectivity index is 2.27. The molecule has 1 aromatic heterocycles. The lowest BCUT2D eigenvalue weighted by Gasteiger charge is -2.04. The molecule has 0 bridgehead atoms. The predicted molar refractivity (Wildman–Crippen MR) is 69.4 cm³/mol. The maximum atomic E-state index is 13.3. The lowest BCUT2D eigenvalue weighted by atomic mass is 10.1. The minimum absolute atomic E-state index is 0.0730. The van der Waals surface area contributed by atoms with E-state index in [9.17, 15) is 9.18 Å². The molecule has 1 aromatic carbocycles. The summed E-state index contributed by atoms with van der Waals surface area (Å²) in [5.74, 6) is 4.37. The zero-order valence-electron chi connectivity index (χ0n) is 10.4. The fourth-order valence-electron chi connectivity index (χ4n) is 1.49. The molecule has 1 amide bonds. The number of carbonyl (C=O) groups is 1. The number of halogens is 1. The number of nitrogens with zero attached hydrogens (tertiary/aromatic N) is 1. The van der Waals surface area contributed by atoms with E-state index in [-0.39, 0.29) is 18.6 Å². The van der Waals surface area contributed by atoms with Crippen LogP contribution in [0.3, 0.4) is 0 Å². The zero-order valence-corrected chi connectivity index (χ0v) is 10.4. The van der Waals surface area contributed by atoms with Gasteiger partial charge in [-0.2, -0.15) is 0 Å². The van der Waals surface area contributed by atoms with Gasteiger partial charge in [-0.3, -0.25) is 4.79 Å². The van der Waals surface area contributed by atoms with Crippen LogP contribution in [0.5, 0.6) is 0 Å². The van der Waals surface area contributed by atoms with Crippen LogP contribution in [0.25, 0.3) is 0 Å². The molecule has 0 aliphatic rings. The maximum absolute atomic E-state index is 13.3. The van der Waals surface area contributed by atoms with E-state index in [1.54, 1.807) is 0 Å². The summed E-state index contributed by atoms with van der Waals surface area (Å²) in [7, 11) is 0. The Morgan fingerprint density at radius 2 is 2.35 bits per heavy atom. The van der Waals surface area contributed by atoms with Crippen LogP contribution in [-0.4, -0.2) is 22.8 Å². The fraction of sp³-hybridized carbons (Fsp3) is 0.143. The normalized spacial score (nSPS) is 9.70. The minimum Gasteiger partial charge on any atom is -0.395 e. The second kappa shape index (κ2) is 6.50. The third kappa shape index (κ3) is 3.43. The first-order chi connectivity index (χ1) is 9.70. The van der Waals surface area contributed by atoms with Gasteiger partial charge in [0.25, 0.3) is 5.91 Å². The fourth-order valence-corrected chi connectivity index (χ4v) is 1.49. The number of anilines is 1. The van der Waals surface area contributed by atoms with Crippen molar-refractivity contribution in [2.45, 2.75) is 6.42 Å². The number of aromatic nitrogens is 1. The molecule has 0 fully saturated rings. The van der Waals surface area contributed by atoms with Crippen LogP contribution in [0, 0.1) is 17.7 Å². The van der Waals surface area contributed by atoms with Crippen molar-refractivity contribution in [2.24, 2.45) is 0 Å². The number of carbonyl (C=O) groups excluding carboxylic acids is 1. The number of rotatable bonds is 3. The van der Waals surface area contributed by atoms with Crippen LogP contribution >= 0.6 is 0 Å². The number of hydrogen-bond acceptors (Lipinski definition) is 4. The van der Waals surface area contributed by atoms with Crippen molar-refractivity contribution in [3.8, 4) is 11.8 Å². The smallest absolute Gasteiger partial charge is 0.257 e. The molecule has 6 heteroatoms. The van der Waals surface area contributed by atoms with Crippen molar-refractivity contribution in [3.63, 3.8) is 0 Å². The Labute approximate surface area is 114 Å². The summed E-state index contributed by atoms with van der Waals surface area (Å²) >= 11 is 0. The number of aliphatic hydroxyl groups excluding tert-OH is 1. The van der Waals surface area contributed by atoms with Crippen molar-refractivity contribution in [3.05, 3.63) is 47.6 Å². The van der Waals surface area contributed by atoms with Crippen molar-refractivity contribution in [1.82, 2.24) is 5.16 Å². The van der Waals surface area contributed by atoms with E-state index in [0.717, 1.165) is 6.07 Å². The van der Waals surface area contributed by atoms with Gasteiger partial charge < -0.3 is 14.9 Å². The molecule has 2 N–H and O–H groups in total. The highest BCUT2D eigenvalue weighted by molar-refractivity contribution is 6.05. The van der Waals surface area contributed by atoms with Gasteiger partial charge in [0.05, 0.1) is 18.4 Å². The molecule has 0 atom stereocenters. The summed E-state index contributed by atoms with van der Waals surface area (Å²) in [6.45, 7) is -0.0730. The highest BCUT2D eigenvalue weighted by Gasteiger charge is 2.12. The molecule has 0 unspecified atom stereocenters. The summed E-state index contributed by atoms with van der Waals surface area (Å²) in [6, 6.07) is 3.74. The Morgan fingerprint density at radius 1 is 1.50 bits per heavy atom. The van der Waals surface area contributed by atoms with E-state index in [1.807, 2.05) is 0 Å². The first kappa shape index (κ1) is 13.8. The number of hydrogen-bond donors (Lipinski definition) is 2. The van der Waals surface area contributed by atoms with Gasteiger partial charge in [0, 0.05) is 12.0 Å². The van der Waals surface area contributed by atoms with Gasteiger partial charge in [0.1, 0.15) is 17.8 Å². The molecule has 5 nitrogen and oxygen atoms in total. The third-order valence-electron chi connectivity index (χ3n) is 2.38. The predicted octanol–water partition coefficient (Wildman–Crippen LogP) is 1.80. The highest BCUT2D eigenvalue weighted by Crippen LogP contribution is 2.13. The Bertz CT molecular complexity index is 657. The van der Waals surface area contributed by atoms with Crippen LogP contribution in [0.2, 0.25) is 0 Å². The van der Waals surface area contributed by atoms with E-state index >= 15 is 0 Å². The molecule has 0 aliphatic carbocycles. The SMILES string of the molecule is O=C(Nc1cnoc1)c1cc(F)ccc1C#CCCO. The molecular formula is C14H11FN2O3. The summed E-state index contributed by atoms with van der Waals surface area (Å²) in [5, 5.41) is 14.6. The average molecular weight is 274 g/mol. The van der Waals surface area contributed by atoms with Gasteiger partial charge in [0.15, 0.2) is 0 Å². The van der Waals surface area contributed by atoms with Gasteiger partial charge in [0.2, 0.25) is 0 Å². The molecule has 2 rings (SSSR count). The van der Waals surface area contributed by atoms with Gasteiger partial charge >= 0.3 is 0 Å². The van der Waals surface area contributed by atoms with Crippen LogP contribution < -0.4 is 5.32 Å². The van der Waals surface area contributed by atoms with E-state index < -0.39 is 11.7 Å². The standard InChI is InChI=1S/C14H11FN2O3/c15-11-5-4-10(3-1-2-6-18)13(7-11)14(19)17-12-8-16-20-9-12/h4-5,7-9,18H,2,6H2,(H,17,19). The molecule has 0 saturated carbocycles. The first-order valence-corrected chi connectivity index (χ1v) is 5.80. The van der Waals surface area contributed by atoms with Gasteiger partial charge in [-0.05, 0) is 18.2 Å². The summed E-state index contributed by atoms with van der Waals surface area (Å²) in [6.07, 6.45) is 2.87. The second-order valence-electron chi connectivity index (χ2n) is 3.83. The monoisotopic (exact) mass is 274 g/mol. The van der Waals surface area contributed by atoms with Crippen molar-refractivity contribution < 1.29 is 18.8 Å². The molecule has 2 aromatic rings. The average Bonchev–Trinajstić information content (AvgIpc) is 2.93. The molecule has 102 valence electrons. The van der Waals surface area contributed by atoms with Crippen molar-refractivity contribution in [2.75, 3.05) is 11.9 Å². The van der Waals surface area contributed by atoms with Crippen molar-refractivity contribution >= 4 is 11.6 Å². The van der Waals surface area contributed by atoms with Gasteiger partial charge in [-0.25, -0.2) is 4.39 Å². The minimum atomic E-state index is -0.534. The Kier molecular flexibility index (Phi) is 4.47. The molecule has 0 saturated heterocycles. The summed E-state index contributed by atoms with van der Waals surface area (Å²) in [4.78, 5) is 12.1. The quantitative estimate of drug-likeness (QED) is 0.837. The van der Waals surface area contributed by atoms with E-state index in [4.69, 9.17) is 5.11 Å². The van der Waals surface area contributed by atoms with Gasteiger partial charge in [-0.15, -0.1) is 0 Å². The third-order valence-corrected chi connectivity index (χ3v) is 2.38. The van der Waals surface area contributed by atoms with Crippen LogP contribution in [0.1, 0.15) is 22.3 Å². The first-order valence-electron chi connectivity index (χ1n) is 5.80. The maximum Gasteiger partial charge on any atom is 0.257 e. The summed E-state index contributed by atoms with van der Waals surface area (Å²) in [5.41, 5.74) is 0.860. The molecule has 0 spiro atoms. The highest BCUT2D eigenvalue weighted by atomic mass is 19.1. The number of amides is 1. The number of nitrogens with one attached hydrogen (secondary N) is 1. The van der Waals surface area contributed by atoms with E-state index in [2.05, 4.69) is 26.8 Å². The largest absolute Gasteiger partial charge is 0.395 e. The van der Waals surface area contributed by atoms with Crippen molar-refractivity contribution in [1.29, 1.82) is 0 Å². The Morgan fingerprint density at radius 3 is 3.05 bits per heavy atom. The molecule has 1 heterocycles. The van der Waals surface area contributed by atoms with E-state index in [1.165, 1.54) is 24.6 Å². The summed E-state index contributed by atoms with van der Waals surface area (Å²) < 4.78 is 17.9. The number of aliphatic hydroxyl groups is 1. The molecule has 0 radical (unpaired) electrons. The van der Waals surface area contributed by atoms with E-state index in [0.29, 0.717) is 11.3 Å². The van der Waals surface area contributed by atoms with Crippen LogP contribution in [0.4, 0.5) is 10.1 Å². The lowest BCUT2D eigenvalue weighted by Crippen LogP contribution is -2.13. The van der Waals surface area contributed by atoms with Crippen LogP contribution in [0.15, 0.2) is 35.2 Å². The van der Waals surface area contributed by atoms with Gasteiger partial charge in [-0.1, -0.05) is 17.0 Å². The topological polar surface area (TPSA) is 75.4 Å².